The van der Waals surface area contributed by atoms with Crippen LogP contribution in [0, 0.1) is 6.92 Å². The second-order valence-electron chi connectivity index (χ2n) is 4.24. The van der Waals surface area contributed by atoms with E-state index in [1.807, 2.05) is 6.92 Å². The lowest BCUT2D eigenvalue weighted by Crippen LogP contribution is -2.32. The molecule has 2 N–H and O–H groups in total. The van der Waals surface area contributed by atoms with Gasteiger partial charge in [-0.3, -0.25) is 0 Å². The number of aromatic nitrogens is 1. The highest BCUT2D eigenvalue weighted by molar-refractivity contribution is 7.09. The van der Waals surface area contributed by atoms with Crippen molar-refractivity contribution < 1.29 is 4.74 Å². The van der Waals surface area contributed by atoms with Crippen LogP contribution in [0.5, 0.6) is 0 Å². The second-order valence-corrected chi connectivity index (χ2v) is 5.18. The van der Waals surface area contributed by atoms with Crippen LogP contribution in [0.3, 0.4) is 0 Å². The summed E-state index contributed by atoms with van der Waals surface area (Å²) in [7, 11) is 0. The molecule has 0 radical (unpaired) electrons. The van der Waals surface area contributed by atoms with Gasteiger partial charge in [-0.15, -0.1) is 11.3 Å². The van der Waals surface area contributed by atoms with Gasteiger partial charge in [0, 0.05) is 17.1 Å². The van der Waals surface area contributed by atoms with Crippen LogP contribution >= 0.6 is 11.3 Å². The fourth-order valence-corrected chi connectivity index (χ4v) is 2.68. The molecule has 0 spiro atoms. The predicted molar refractivity (Wildman–Crippen MR) is 61.9 cm³/mol. The molecular weight excluding hydrogens is 208 g/mol. The Morgan fingerprint density at radius 1 is 1.60 bits per heavy atom. The largest absolute Gasteiger partial charge is 0.371 e. The van der Waals surface area contributed by atoms with Gasteiger partial charge in [-0.25, -0.2) is 4.98 Å². The van der Waals surface area contributed by atoms with E-state index in [1.165, 1.54) is 6.42 Å². The van der Waals surface area contributed by atoms with Gasteiger partial charge >= 0.3 is 0 Å². The number of thiazole rings is 1. The summed E-state index contributed by atoms with van der Waals surface area (Å²) in [6.07, 6.45) is 4.85. The van der Waals surface area contributed by atoms with Crippen LogP contribution in [-0.4, -0.2) is 17.1 Å². The van der Waals surface area contributed by atoms with Gasteiger partial charge in [0.25, 0.3) is 0 Å². The Bertz CT molecular complexity index is 313. The van der Waals surface area contributed by atoms with Gasteiger partial charge in [-0.2, -0.15) is 0 Å². The van der Waals surface area contributed by atoms with Gasteiger partial charge in [-0.1, -0.05) is 0 Å². The van der Waals surface area contributed by atoms with E-state index in [0.717, 1.165) is 30.0 Å². The standard InChI is InChI=1S/C11H18N2OS/c1-8-7-15-11(13-8)6-14-10-4-2-3-9(12)5-10/h7,9-10H,2-6,12H2,1H3. The third-order valence-corrected chi connectivity index (χ3v) is 3.72. The molecule has 1 heterocycles. The van der Waals surface area contributed by atoms with Crippen LogP contribution in [0.2, 0.25) is 0 Å². The number of nitrogens with zero attached hydrogens (tertiary/aromatic N) is 1. The van der Waals surface area contributed by atoms with Crippen LogP contribution in [0.4, 0.5) is 0 Å². The quantitative estimate of drug-likeness (QED) is 0.860. The zero-order valence-electron chi connectivity index (χ0n) is 9.11. The van der Waals surface area contributed by atoms with E-state index in [2.05, 4.69) is 10.4 Å². The molecule has 1 aromatic rings. The van der Waals surface area contributed by atoms with E-state index >= 15 is 0 Å². The highest BCUT2D eigenvalue weighted by Crippen LogP contribution is 2.21. The van der Waals surface area contributed by atoms with Crippen molar-refractivity contribution in [2.75, 3.05) is 0 Å². The molecule has 1 aromatic heterocycles. The van der Waals surface area contributed by atoms with E-state index in [1.54, 1.807) is 11.3 Å². The topological polar surface area (TPSA) is 48.1 Å². The molecule has 0 amide bonds. The third kappa shape index (κ3) is 3.26. The van der Waals surface area contributed by atoms with Crippen molar-refractivity contribution in [3.05, 3.63) is 16.1 Å². The van der Waals surface area contributed by atoms with Crippen molar-refractivity contribution in [1.82, 2.24) is 4.98 Å². The second kappa shape index (κ2) is 5.05. The summed E-state index contributed by atoms with van der Waals surface area (Å²) in [5.41, 5.74) is 6.99. The maximum Gasteiger partial charge on any atom is 0.119 e. The van der Waals surface area contributed by atoms with Crippen molar-refractivity contribution >= 4 is 11.3 Å². The smallest absolute Gasteiger partial charge is 0.119 e. The first kappa shape index (κ1) is 11.0. The summed E-state index contributed by atoms with van der Waals surface area (Å²) < 4.78 is 5.82. The van der Waals surface area contributed by atoms with Crippen LogP contribution in [0.25, 0.3) is 0 Å². The van der Waals surface area contributed by atoms with Gasteiger partial charge in [0.2, 0.25) is 0 Å². The summed E-state index contributed by atoms with van der Waals surface area (Å²) in [6.45, 7) is 2.66. The van der Waals surface area contributed by atoms with E-state index in [0.29, 0.717) is 18.8 Å². The fraction of sp³-hybridized carbons (Fsp3) is 0.727. The number of hydrogen-bond acceptors (Lipinski definition) is 4. The number of aryl methyl sites for hydroxylation is 1. The zero-order chi connectivity index (χ0) is 10.7. The van der Waals surface area contributed by atoms with Crippen molar-refractivity contribution in [1.29, 1.82) is 0 Å². The van der Waals surface area contributed by atoms with Crippen molar-refractivity contribution in [3.8, 4) is 0 Å². The molecule has 1 aliphatic rings. The van der Waals surface area contributed by atoms with Crippen LogP contribution in [0.15, 0.2) is 5.38 Å². The molecule has 0 aliphatic heterocycles. The monoisotopic (exact) mass is 226 g/mol. The Hall–Kier alpha value is -0.450. The molecule has 2 unspecified atom stereocenters. The Balaban J connectivity index is 1.77. The van der Waals surface area contributed by atoms with Crippen molar-refractivity contribution in [2.45, 2.75) is 51.4 Å². The predicted octanol–water partition coefficient (Wildman–Crippen LogP) is 2.24. The van der Waals surface area contributed by atoms with Gasteiger partial charge in [0.15, 0.2) is 0 Å². The van der Waals surface area contributed by atoms with Crippen LogP contribution in [0.1, 0.15) is 36.4 Å². The average Bonchev–Trinajstić information content (AvgIpc) is 2.62. The molecule has 1 saturated carbocycles. The summed E-state index contributed by atoms with van der Waals surface area (Å²) in [5, 5.41) is 3.14. The molecule has 1 aliphatic carbocycles. The minimum atomic E-state index is 0.335. The van der Waals surface area contributed by atoms with E-state index in [4.69, 9.17) is 10.5 Å². The maximum absolute atomic E-state index is 5.91. The minimum Gasteiger partial charge on any atom is -0.371 e. The lowest BCUT2D eigenvalue weighted by atomic mass is 9.94. The Morgan fingerprint density at radius 2 is 2.47 bits per heavy atom. The number of ether oxygens (including phenoxy) is 1. The molecule has 2 atom stereocenters. The van der Waals surface area contributed by atoms with Crippen LogP contribution in [-0.2, 0) is 11.3 Å². The normalized spacial score (nSPS) is 26.8. The SMILES string of the molecule is Cc1csc(COC2CCCC(N)C2)n1. The molecule has 15 heavy (non-hydrogen) atoms. The Labute approximate surface area is 94.7 Å². The number of rotatable bonds is 3. The summed E-state index contributed by atoms with van der Waals surface area (Å²) in [6, 6.07) is 0.335. The van der Waals surface area contributed by atoms with E-state index in [9.17, 15) is 0 Å². The first-order valence-corrected chi connectivity index (χ1v) is 6.40. The van der Waals surface area contributed by atoms with E-state index < -0.39 is 0 Å². The Morgan fingerprint density at radius 3 is 3.13 bits per heavy atom. The molecule has 1 fully saturated rings. The van der Waals surface area contributed by atoms with Crippen molar-refractivity contribution in [2.24, 2.45) is 5.73 Å². The molecule has 2 rings (SSSR count). The first-order valence-electron chi connectivity index (χ1n) is 5.52. The van der Waals surface area contributed by atoms with Gasteiger partial charge in [-0.05, 0) is 32.6 Å². The summed E-state index contributed by atoms with van der Waals surface area (Å²) in [5.74, 6) is 0. The number of hydrogen-bond donors (Lipinski definition) is 1. The van der Waals surface area contributed by atoms with Gasteiger partial charge < -0.3 is 10.5 Å². The maximum atomic E-state index is 5.91. The average molecular weight is 226 g/mol. The molecule has 4 heteroatoms. The van der Waals surface area contributed by atoms with Crippen LogP contribution < -0.4 is 5.73 Å². The highest BCUT2D eigenvalue weighted by atomic mass is 32.1. The molecule has 0 aromatic carbocycles. The number of nitrogens with two attached hydrogens (primary N) is 1. The van der Waals surface area contributed by atoms with Crippen molar-refractivity contribution in [3.63, 3.8) is 0 Å². The molecule has 0 bridgehead atoms. The molecular formula is C11H18N2OS. The minimum absolute atomic E-state index is 0.335. The lowest BCUT2D eigenvalue weighted by Gasteiger charge is -2.26. The van der Waals surface area contributed by atoms with Gasteiger partial charge in [0.05, 0.1) is 12.7 Å². The first-order chi connectivity index (χ1) is 7.24. The molecule has 0 saturated heterocycles. The third-order valence-electron chi connectivity index (χ3n) is 2.78. The fourth-order valence-electron chi connectivity index (χ4n) is 1.99. The summed E-state index contributed by atoms with van der Waals surface area (Å²) in [4.78, 5) is 4.38. The summed E-state index contributed by atoms with van der Waals surface area (Å²) >= 11 is 1.67. The van der Waals surface area contributed by atoms with E-state index in [-0.39, 0.29) is 0 Å². The molecule has 84 valence electrons. The zero-order valence-corrected chi connectivity index (χ0v) is 9.93. The Kier molecular flexibility index (Phi) is 3.72. The van der Waals surface area contributed by atoms with Gasteiger partial charge in [0.1, 0.15) is 5.01 Å². The molecule has 3 nitrogen and oxygen atoms in total. The lowest BCUT2D eigenvalue weighted by molar-refractivity contribution is 0.0121. The highest BCUT2D eigenvalue weighted by Gasteiger charge is 2.19.